The number of hydrogen-bond donors (Lipinski definition) is 2. The molecule has 1 atom stereocenters. The topological polar surface area (TPSA) is 29.1 Å². The summed E-state index contributed by atoms with van der Waals surface area (Å²) in [6.45, 7) is 3.84. The summed E-state index contributed by atoms with van der Waals surface area (Å²) < 4.78 is 0. The Bertz CT molecular complexity index is 152. The van der Waals surface area contributed by atoms with E-state index in [0.29, 0.717) is 0 Å². The van der Waals surface area contributed by atoms with Gasteiger partial charge in [0.05, 0.1) is 5.25 Å². The van der Waals surface area contributed by atoms with E-state index >= 15 is 0 Å². The molecule has 2 nitrogen and oxygen atoms in total. The van der Waals surface area contributed by atoms with Gasteiger partial charge in [0.1, 0.15) is 0 Å². The largest absolute Gasteiger partial charge is 0.350 e. The predicted molar refractivity (Wildman–Crippen MR) is 44.2 cm³/mol. The Morgan fingerprint density at radius 1 is 1.70 bits per heavy atom. The summed E-state index contributed by atoms with van der Waals surface area (Å²) in [7, 11) is 0. The summed E-state index contributed by atoms with van der Waals surface area (Å²) in [5.74, 6) is 0.0448. The van der Waals surface area contributed by atoms with E-state index < -0.39 is 0 Å². The molecule has 10 heavy (non-hydrogen) atoms. The van der Waals surface area contributed by atoms with Gasteiger partial charge in [0, 0.05) is 5.54 Å². The Kier molecular flexibility index (Phi) is 1.95. The Morgan fingerprint density at radius 2 is 2.20 bits per heavy atom. The molecule has 0 bridgehead atoms. The molecule has 0 aliphatic heterocycles. The minimum absolute atomic E-state index is 0.0448. The van der Waals surface area contributed by atoms with Gasteiger partial charge in [-0.15, -0.1) is 0 Å². The summed E-state index contributed by atoms with van der Waals surface area (Å²) in [5.41, 5.74) is 0.105. The molecular formula is C7H13NOS. The predicted octanol–water partition coefficient (Wildman–Crippen LogP) is 0.973. The van der Waals surface area contributed by atoms with Crippen molar-refractivity contribution in [1.82, 2.24) is 5.32 Å². The van der Waals surface area contributed by atoms with Crippen molar-refractivity contribution >= 4 is 18.5 Å². The van der Waals surface area contributed by atoms with Crippen molar-refractivity contribution < 1.29 is 4.79 Å². The first kappa shape index (κ1) is 7.92. The fourth-order valence-electron chi connectivity index (χ4n) is 0.714. The van der Waals surface area contributed by atoms with E-state index in [-0.39, 0.29) is 16.7 Å². The van der Waals surface area contributed by atoms with Gasteiger partial charge in [-0.1, -0.05) is 0 Å². The molecule has 1 N–H and O–H groups in total. The molecule has 1 aliphatic rings. The standard InChI is InChI=1S/C7H13NOS/c1-5(10)6(9)8-7(2)3-4-7/h5,10H,3-4H2,1-2H3,(H,8,9). The summed E-state index contributed by atoms with van der Waals surface area (Å²) in [6, 6.07) is 0. The summed E-state index contributed by atoms with van der Waals surface area (Å²) in [4.78, 5) is 11.0. The van der Waals surface area contributed by atoms with Crippen LogP contribution in [0.5, 0.6) is 0 Å². The Balaban J connectivity index is 2.31. The molecule has 1 fully saturated rings. The van der Waals surface area contributed by atoms with Crippen molar-refractivity contribution in [3.05, 3.63) is 0 Å². The molecule has 0 heterocycles. The minimum Gasteiger partial charge on any atom is -0.350 e. The van der Waals surface area contributed by atoms with Gasteiger partial charge in [0.25, 0.3) is 0 Å². The van der Waals surface area contributed by atoms with Crippen molar-refractivity contribution in [1.29, 1.82) is 0 Å². The van der Waals surface area contributed by atoms with Crippen LogP contribution < -0.4 is 5.32 Å². The number of thiol groups is 1. The summed E-state index contributed by atoms with van der Waals surface area (Å²) in [6.07, 6.45) is 2.22. The molecule has 1 saturated carbocycles. The van der Waals surface area contributed by atoms with Crippen LogP contribution in [0.15, 0.2) is 0 Å². The molecule has 1 unspecified atom stereocenters. The zero-order chi connectivity index (χ0) is 7.78. The maximum absolute atomic E-state index is 11.0. The first-order valence-electron chi connectivity index (χ1n) is 3.54. The van der Waals surface area contributed by atoms with Crippen LogP contribution in [0.1, 0.15) is 26.7 Å². The molecule has 1 amide bonds. The Labute approximate surface area is 66.8 Å². The number of rotatable bonds is 2. The summed E-state index contributed by atoms with van der Waals surface area (Å²) in [5, 5.41) is 2.73. The van der Waals surface area contributed by atoms with E-state index in [0.717, 1.165) is 12.8 Å². The number of amides is 1. The van der Waals surface area contributed by atoms with Gasteiger partial charge in [-0.2, -0.15) is 12.6 Å². The Hall–Kier alpha value is -0.180. The molecule has 0 aromatic carbocycles. The molecular weight excluding hydrogens is 146 g/mol. The number of carbonyl (C=O) groups excluding carboxylic acids is 1. The molecule has 0 radical (unpaired) electrons. The molecule has 58 valence electrons. The van der Waals surface area contributed by atoms with Gasteiger partial charge in [-0.25, -0.2) is 0 Å². The highest BCUT2D eigenvalue weighted by atomic mass is 32.1. The van der Waals surface area contributed by atoms with Crippen LogP contribution in [-0.4, -0.2) is 16.7 Å². The maximum Gasteiger partial charge on any atom is 0.232 e. The molecule has 0 aromatic heterocycles. The van der Waals surface area contributed by atoms with E-state index in [9.17, 15) is 4.79 Å². The second-order valence-corrected chi connectivity index (χ2v) is 4.00. The van der Waals surface area contributed by atoms with Gasteiger partial charge in [0.15, 0.2) is 0 Å². The van der Waals surface area contributed by atoms with Gasteiger partial charge < -0.3 is 5.32 Å². The summed E-state index contributed by atoms with van der Waals surface area (Å²) >= 11 is 4.02. The monoisotopic (exact) mass is 159 g/mol. The fourth-order valence-corrected chi connectivity index (χ4v) is 0.779. The van der Waals surface area contributed by atoms with Crippen LogP contribution in [0.25, 0.3) is 0 Å². The van der Waals surface area contributed by atoms with Crippen molar-refractivity contribution in [2.24, 2.45) is 0 Å². The quantitative estimate of drug-likeness (QED) is 0.578. The lowest BCUT2D eigenvalue weighted by molar-refractivity contribution is -0.121. The molecule has 1 aliphatic carbocycles. The first-order chi connectivity index (χ1) is 4.53. The first-order valence-corrected chi connectivity index (χ1v) is 4.05. The smallest absolute Gasteiger partial charge is 0.232 e. The molecule has 3 heteroatoms. The highest BCUT2D eigenvalue weighted by Gasteiger charge is 2.38. The minimum atomic E-state index is -0.183. The lowest BCUT2D eigenvalue weighted by Crippen LogP contribution is -2.38. The van der Waals surface area contributed by atoms with Crippen LogP contribution in [0.3, 0.4) is 0 Å². The third-order valence-corrected chi connectivity index (χ3v) is 2.04. The normalized spacial score (nSPS) is 23.5. The lowest BCUT2D eigenvalue weighted by Gasteiger charge is -2.12. The van der Waals surface area contributed by atoms with E-state index in [4.69, 9.17) is 0 Å². The van der Waals surface area contributed by atoms with Crippen molar-refractivity contribution in [2.75, 3.05) is 0 Å². The van der Waals surface area contributed by atoms with Crippen LogP contribution in [0, 0.1) is 0 Å². The zero-order valence-corrected chi connectivity index (χ0v) is 7.24. The number of nitrogens with one attached hydrogen (secondary N) is 1. The third kappa shape index (κ3) is 1.90. The van der Waals surface area contributed by atoms with Crippen LogP contribution in [0.4, 0.5) is 0 Å². The molecule has 1 rings (SSSR count). The highest BCUT2D eigenvalue weighted by molar-refractivity contribution is 7.81. The molecule has 0 saturated heterocycles. The van der Waals surface area contributed by atoms with E-state index in [1.54, 1.807) is 6.92 Å². The van der Waals surface area contributed by atoms with Crippen molar-refractivity contribution in [3.8, 4) is 0 Å². The van der Waals surface area contributed by atoms with Crippen molar-refractivity contribution in [2.45, 2.75) is 37.5 Å². The van der Waals surface area contributed by atoms with E-state index in [1.165, 1.54) is 0 Å². The lowest BCUT2D eigenvalue weighted by atomic mass is 10.3. The average Bonchev–Trinajstić information content (AvgIpc) is 2.47. The number of carbonyl (C=O) groups is 1. The maximum atomic E-state index is 11.0. The van der Waals surface area contributed by atoms with Crippen LogP contribution in [-0.2, 0) is 4.79 Å². The second kappa shape index (κ2) is 2.46. The van der Waals surface area contributed by atoms with Gasteiger partial charge >= 0.3 is 0 Å². The highest BCUT2D eigenvalue weighted by Crippen LogP contribution is 2.34. The second-order valence-electron chi connectivity index (χ2n) is 3.23. The average molecular weight is 159 g/mol. The number of hydrogen-bond acceptors (Lipinski definition) is 2. The van der Waals surface area contributed by atoms with Gasteiger partial charge in [-0.3, -0.25) is 4.79 Å². The SMILES string of the molecule is CC(S)C(=O)NC1(C)CC1. The zero-order valence-electron chi connectivity index (χ0n) is 6.35. The van der Waals surface area contributed by atoms with Crippen molar-refractivity contribution in [3.63, 3.8) is 0 Å². The van der Waals surface area contributed by atoms with Gasteiger partial charge in [0.2, 0.25) is 5.91 Å². The van der Waals surface area contributed by atoms with Crippen LogP contribution >= 0.6 is 12.6 Å². The molecule has 0 spiro atoms. The van der Waals surface area contributed by atoms with Crippen LogP contribution in [0.2, 0.25) is 0 Å². The Morgan fingerprint density at radius 3 is 2.50 bits per heavy atom. The van der Waals surface area contributed by atoms with Gasteiger partial charge in [-0.05, 0) is 26.7 Å². The fraction of sp³-hybridized carbons (Fsp3) is 0.857. The third-order valence-electron chi connectivity index (χ3n) is 1.80. The molecule has 0 aromatic rings. The van der Waals surface area contributed by atoms with E-state index in [2.05, 4.69) is 24.9 Å². The van der Waals surface area contributed by atoms with E-state index in [1.807, 2.05) is 0 Å².